The van der Waals surface area contributed by atoms with E-state index in [-0.39, 0.29) is 0 Å². The van der Waals surface area contributed by atoms with E-state index >= 15 is 0 Å². The number of aromatic nitrogens is 1. The minimum absolute atomic E-state index is 0.388. The van der Waals surface area contributed by atoms with Crippen molar-refractivity contribution in [2.75, 3.05) is 13.1 Å². The molecule has 0 radical (unpaired) electrons. The van der Waals surface area contributed by atoms with E-state index in [1.54, 1.807) is 0 Å². The molecule has 2 heterocycles. The zero-order valence-electron chi connectivity index (χ0n) is 13.5. The summed E-state index contributed by atoms with van der Waals surface area (Å²) in [5, 5.41) is 3.84. The zero-order valence-corrected chi connectivity index (χ0v) is 13.5. The minimum Gasteiger partial charge on any atom is -0.311 e. The van der Waals surface area contributed by atoms with Crippen LogP contribution in [-0.4, -0.2) is 34.6 Å². The van der Waals surface area contributed by atoms with Gasteiger partial charge in [-0.15, -0.1) is 0 Å². The highest BCUT2D eigenvalue weighted by Crippen LogP contribution is 2.36. The zero-order chi connectivity index (χ0) is 14.7. The molecule has 116 valence electrons. The lowest BCUT2D eigenvalue weighted by Crippen LogP contribution is -2.65. The topological polar surface area (TPSA) is 28.2 Å². The van der Waals surface area contributed by atoms with Crippen LogP contribution in [0.25, 0.3) is 0 Å². The molecule has 3 heteroatoms. The van der Waals surface area contributed by atoms with Gasteiger partial charge in [-0.3, -0.25) is 9.88 Å². The van der Waals surface area contributed by atoms with E-state index < -0.39 is 0 Å². The van der Waals surface area contributed by atoms with Gasteiger partial charge in [-0.1, -0.05) is 39.2 Å². The molecule has 2 aliphatic rings. The minimum atomic E-state index is 0.388. The highest BCUT2D eigenvalue weighted by atomic mass is 15.3. The van der Waals surface area contributed by atoms with Crippen molar-refractivity contribution >= 4 is 0 Å². The standard InChI is InChI=1S/C18H29N3/c1-15(2)17-13-21(12-16-7-6-10-19-11-16)18(14-20-17)8-4-3-5-9-18/h6-7,10-11,15,17,20H,3-5,8-9,12-14H2,1-2H3. The highest BCUT2D eigenvalue weighted by Gasteiger charge is 2.42. The molecule has 1 aliphatic heterocycles. The Kier molecular flexibility index (Phi) is 4.60. The first-order chi connectivity index (χ1) is 10.2. The van der Waals surface area contributed by atoms with Crippen LogP contribution in [0.5, 0.6) is 0 Å². The highest BCUT2D eigenvalue weighted by molar-refractivity contribution is 5.11. The molecule has 1 atom stereocenters. The number of piperazine rings is 1. The molecule has 1 saturated carbocycles. The summed E-state index contributed by atoms with van der Waals surface area (Å²) in [6, 6.07) is 4.90. The van der Waals surface area contributed by atoms with Crippen LogP contribution >= 0.6 is 0 Å². The number of rotatable bonds is 3. The van der Waals surface area contributed by atoms with E-state index in [0.29, 0.717) is 17.5 Å². The van der Waals surface area contributed by atoms with Gasteiger partial charge in [0, 0.05) is 43.6 Å². The van der Waals surface area contributed by atoms with Gasteiger partial charge in [0.1, 0.15) is 0 Å². The van der Waals surface area contributed by atoms with Crippen LogP contribution in [0.1, 0.15) is 51.5 Å². The van der Waals surface area contributed by atoms with E-state index in [2.05, 4.69) is 41.2 Å². The summed E-state index contributed by atoms with van der Waals surface area (Å²) in [5.74, 6) is 0.697. The predicted molar refractivity (Wildman–Crippen MR) is 87.1 cm³/mol. The van der Waals surface area contributed by atoms with Crippen LogP contribution in [0.2, 0.25) is 0 Å². The van der Waals surface area contributed by atoms with Gasteiger partial charge >= 0.3 is 0 Å². The van der Waals surface area contributed by atoms with Crippen molar-refractivity contribution in [2.24, 2.45) is 5.92 Å². The molecule has 1 unspecified atom stereocenters. The Morgan fingerprint density at radius 3 is 2.81 bits per heavy atom. The fourth-order valence-corrected chi connectivity index (χ4v) is 4.02. The molecule has 1 saturated heterocycles. The Morgan fingerprint density at radius 1 is 1.33 bits per heavy atom. The van der Waals surface area contributed by atoms with Gasteiger partial charge in [-0.25, -0.2) is 0 Å². The fraction of sp³-hybridized carbons (Fsp3) is 0.722. The summed E-state index contributed by atoms with van der Waals surface area (Å²) in [6.45, 7) is 8.05. The van der Waals surface area contributed by atoms with Crippen LogP contribution in [0.4, 0.5) is 0 Å². The second-order valence-corrected chi connectivity index (χ2v) is 7.26. The maximum atomic E-state index is 4.30. The van der Waals surface area contributed by atoms with Gasteiger partial charge in [0.15, 0.2) is 0 Å². The van der Waals surface area contributed by atoms with E-state index in [0.717, 1.165) is 13.1 Å². The van der Waals surface area contributed by atoms with Crippen molar-refractivity contribution in [3.63, 3.8) is 0 Å². The average molecular weight is 287 g/mol. The molecular formula is C18H29N3. The third kappa shape index (κ3) is 3.29. The van der Waals surface area contributed by atoms with E-state index in [1.165, 1.54) is 44.2 Å². The van der Waals surface area contributed by atoms with E-state index in [1.807, 2.05) is 12.4 Å². The first kappa shape index (κ1) is 15.0. The average Bonchev–Trinajstić information content (AvgIpc) is 2.51. The van der Waals surface area contributed by atoms with Crippen LogP contribution in [0.15, 0.2) is 24.5 Å². The third-order valence-electron chi connectivity index (χ3n) is 5.47. The van der Waals surface area contributed by atoms with Crippen LogP contribution in [0.3, 0.4) is 0 Å². The number of hydrogen-bond acceptors (Lipinski definition) is 3. The SMILES string of the molecule is CC(C)C1CN(Cc2cccnc2)C2(CCCCC2)CN1. The Morgan fingerprint density at radius 2 is 2.14 bits per heavy atom. The second kappa shape index (κ2) is 6.45. The molecule has 0 amide bonds. The molecule has 21 heavy (non-hydrogen) atoms. The lowest BCUT2D eigenvalue weighted by Gasteiger charge is -2.53. The number of nitrogens with zero attached hydrogens (tertiary/aromatic N) is 2. The molecular weight excluding hydrogens is 258 g/mol. The largest absolute Gasteiger partial charge is 0.311 e. The van der Waals surface area contributed by atoms with Gasteiger partial charge in [0.25, 0.3) is 0 Å². The summed E-state index contributed by atoms with van der Waals surface area (Å²) >= 11 is 0. The Balaban J connectivity index is 1.78. The summed E-state index contributed by atoms with van der Waals surface area (Å²) in [5.41, 5.74) is 1.74. The molecule has 1 spiro atoms. The fourth-order valence-electron chi connectivity index (χ4n) is 4.02. The smallest absolute Gasteiger partial charge is 0.0338 e. The van der Waals surface area contributed by atoms with Gasteiger partial charge in [0.05, 0.1) is 0 Å². The quantitative estimate of drug-likeness (QED) is 0.925. The predicted octanol–water partition coefficient (Wildman–Crippen LogP) is 3.21. The first-order valence-electron chi connectivity index (χ1n) is 8.57. The van der Waals surface area contributed by atoms with Crippen molar-refractivity contribution in [1.29, 1.82) is 0 Å². The number of hydrogen-bond donors (Lipinski definition) is 1. The van der Waals surface area contributed by atoms with Gasteiger partial charge < -0.3 is 5.32 Å². The Hall–Kier alpha value is -0.930. The maximum absolute atomic E-state index is 4.30. The molecule has 3 rings (SSSR count). The normalized spacial score (nSPS) is 26.3. The Bertz CT molecular complexity index is 437. The molecule has 1 aromatic heterocycles. The monoisotopic (exact) mass is 287 g/mol. The third-order valence-corrected chi connectivity index (χ3v) is 5.47. The van der Waals surface area contributed by atoms with Crippen molar-refractivity contribution in [3.8, 4) is 0 Å². The van der Waals surface area contributed by atoms with Crippen molar-refractivity contribution in [3.05, 3.63) is 30.1 Å². The van der Waals surface area contributed by atoms with Crippen molar-refractivity contribution in [2.45, 2.75) is 64.1 Å². The van der Waals surface area contributed by atoms with Gasteiger partial charge in [-0.2, -0.15) is 0 Å². The van der Waals surface area contributed by atoms with Gasteiger partial charge in [-0.05, 0) is 30.4 Å². The van der Waals surface area contributed by atoms with Crippen LogP contribution in [0, 0.1) is 5.92 Å². The van der Waals surface area contributed by atoms with Crippen molar-refractivity contribution in [1.82, 2.24) is 15.2 Å². The molecule has 1 aromatic rings. The first-order valence-corrected chi connectivity index (χ1v) is 8.57. The molecule has 3 nitrogen and oxygen atoms in total. The Labute approximate surface area is 129 Å². The molecule has 0 aromatic carbocycles. The van der Waals surface area contributed by atoms with Crippen LogP contribution in [-0.2, 0) is 6.54 Å². The van der Waals surface area contributed by atoms with Crippen molar-refractivity contribution < 1.29 is 0 Å². The van der Waals surface area contributed by atoms with E-state index in [4.69, 9.17) is 0 Å². The number of nitrogens with one attached hydrogen (secondary N) is 1. The van der Waals surface area contributed by atoms with Gasteiger partial charge in [0.2, 0.25) is 0 Å². The summed E-state index contributed by atoms with van der Waals surface area (Å²) in [4.78, 5) is 7.06. The lowest BCUT2D eigenvalue weighted by atomic mass is 9.77. The summed E-state index contributed by atoms with van der Waals surface area (Å²) in [7, 11) is 0. The lowest BCUT2D eigenvalue weighted by molar-refractivity contribution is -0.00427. The summed E-state index contributed by atoms with van der Waals surface area (Å²) < 4.78 is 0. The molecule has 1 N–H and O–H groups in total. The molecule has 0 bridgehead atoms. The number of pyridine rings is 1. The molecule has 2 fully saturated rings. The van der Waals surface area contributed by atoms with E-state index in [9.17, 15) is 0 Å². The summed E-state index contributed by atoms with van der Waals surface area (Å²) in [6.07, 6.45) is 10.8. The second-order valence-electron chi connectivity index (χ2n) is 7.26. The molecule has 1 aliphatic carbocycles. The maximum Gasteiger partial charge on any atom is 0.0338 e. The van der Waals surface area contributed by atoms with Crippen LogP contribution < -0.4 is 5.32 Å².